The van der Waals surface area contributed by atoms with Gasteiger partial charge in [0.1, 0.15) is 11.9 Å². The maximum absolute atomic E-state index is 14.1. The number of hydrogen-bond acceptors (Lipinski definition) is 2. The molecule has 5 heteroatoms. The summed E-state index contributed by atoms with van der Waals surface area (Å²) in [5, 5.41) is 2.80. The smallest absolute Gasteiger partial charge is 0.243 e. The van der Waals surface area contributed by atoms with Crippen LogP contribution in [0, 0.1) is 5.82 Å². The monoisotopic (exact) mass is 356 g/mol. The minimum absolute atomic E-state index is 0.0635. The Bertz CT molecular complexity index is 734. The summed E-state index contributed by atoms with van der Waals surface area (Å²) in [4.78, 5) is 26.8. The van der Waals surface area contributed by atoms with E-state index in [1.807, 2.05) is 37.3 Å². The van der Waals surface area contributed by atoms with E-state index in [9.17, 15) is 14.0 Å². The lowest BCUT2D eigenvalue weighted by Gasteiger charge is -2.31. The molecule has 2 aromatic carbocycles. The van der Waals surface area contributed by atoms with E-state index in [4.69, 9.17) is 0 Å². The van der Waals surface area contributed by atoms with Gasteiger partial charge in [-0.1, -0.05) is 55.5 Å². The van der Waals surface area contributed by atoms with E-state index >= 15 is 0 Å². The van der Waals surface area contributed by atoms with Gasteiger partial charge in [0.25, 0.3) is 0 Å². The molecule has 26 heavy (non-hydrogen) atoms. The van der Waals surface area contributed by atoms with Gasteiger partial charge in [0.15, 0.2) is 0 Å². The van der Waals surface area contributed by atoms with Crippen LogP contribution in [0.5, 0.6) is 0 Å². The molecule has 0 bridgehead atoms. The summed E-state index contributed by atoms with van der Waals surface area (Å²) in [5.74, 6) is -0.786. The van der Waals surface area contributed by atoms with Crippen LogP contribution in [0.3, 0.4) is 0 Å². The largest absolute Gasteiger partial charge is 0.355 e. The van der Waals surface area contributed by atoms with Crippen LogP contribution < -0.4 is 5.32 Å². The molecule has 0 spiro atoms. The molecule has 2 rings (SSSR count). The second-order valence-corrected chi connectivity index (χ2v) is 6.07. The summed E-state index contributed by atoms with van der Waals surface area (Å²) in [6.07, 6.45) is 0.631. The molecule has 138 valence electrons. The molecule has 2 aromatic rings. The average Bonchev–Trinajstić information content (AvgIpc) is 2.66. The van der Waals surface area contributed by atoms with E-state index in [0.29, 0.717) is 18.5 Å². The number of rotatable bonds is 8. The SMILES string of the molecule is CCNC(=O)[C@@H](Cc1ccccc1)N(Cc1ccccc1F)C(=O)CC. The van der Waals surface area contributed by atoms with Crippen LogP contribution in [-0.4, -0.2) is 29.3 Å². The first-order valence-corrected chi connectivity index (χ1v) is 8.91. The van der Waals surface area contributed by atoms with Crippen LogP contribution in [0.25, 0.3) is 0 Å². The second-order valence-electron chi connectivity index (χ2n) is 6.07. The number of hydrogen-bond donors (Lipinski definition) is 1. The molecule has 4 nitrogen and oxygen atoms in total. The second kappa shape index (κ2) is 9.70. The summed E-state index contributed by atoms with van der Waals surface area (Å²) in [5.41, 5.74) is 1.35. The van der Waals surface area contributed by atoms with Gasteiger partial charge >= 0.3 is 0 Å². The van der Waals surface area contributed by atoms with Gasteiger partial charge in [0.05, 0.1) is 0 Å². The van der Waals surface area contributed by atoms with E-state index in [-0.39, 0.29) is 30.6 Å². The average molecular weight is 356 g/mol. The molecule has 0 saturated heterocycles. The van der Waals surface area contributed by atoms with Crippen molar-refractivity contribution < 1.29 is 14.0 Å². The molecule has 2 amide bonds. The highest BCUT2D eigenvalue weighted by atomic mass is 19.1. The van der Waals surface area contributed by atoms with Crippen molar-refractivity contribution >= 4 is 11.8 Å². The normalized spacial score (nSPS) is 11.7. The van der Waals surface area contributed by atoms with Crippen molar-refractivity contribution in [1.29, 1.82) is 0 Å². The first-order valence-electron chi connectivity index (χ1n) is 8.91. The highest BCUT2D eigenvalue weighted by molar-refractivity contribution is 5.87. The molecule has 1 atom stereocenters. The molecule has 0 heterocycles. The summed E-state index contributed by atoms with van der Waals surface area (Å²) >= 11 is 0. The zero-order chi connectivity index (χ0) is 18.9. The van der Waals surface area contributed by atoms with Crippen molar-refractivity contribution in [3.63, 3.8) is 0 Å². The summed E-state index contributed by atoms with van der Waals surface area (Å²) in [6.45, 7) is 4.11. The third-order valence-corrected chi connectivity index (χ3v) is 4.22. The highest BCUT2D eigenvalue weighted by Gasteiger charge is 2.29. The fourth-order valence-electron chi connectivity index (χ4n) is 2.86. The third kappa shape index (κ3) is 5.15. The van der Waals surface area contributed by atoms with E-state index in [0.717, 1.165) is 5.56 Å². The Kier molecular flexibility index (Phi) is 7.33. The van der Waals surface area contributed by atoms with Crippen molar-refractivity contribution in [2.24, 2.45) is 0 Å². The Morgan fingerprint density at radius 1 is 1.04 bits per heavy atom. The van der Waals surface area contributed by atoms with Gasteiger partial charge in [-0.3, -0.25) is 9.59 Å². The van der Waals surface area contributed by atoms with Gasteiger partial charge < -0.3 is 10.2 Å². The first-order chi connectivity index (χ1) is 12.6. The summed E-state index contributed by atoms with van der Waals surface area (Å²) in [6, 6.07) is 15.2. The van der Waals surface area contributed by atoms with Crippen LogP contribution in [0.2, 0.25) is 0 Å². The molecule has 0 aliphatic rings. The van der Waals surface area contributed by atoms with Crippen molar-refractivity contribution in [2.75, 3.05) is 6.54 Å². The minimum atomic E-state index is -0.690. The quantitative estimate of drug-likeness (QED) is 0.789. The first kappa shape index (κ1) is 19.6. The maximum Gasteiger partial charge on any atom is 0.243 e. The lowest BCUT2D eigenvalue weighted by Crippen LogP contribution is -2.50. The Hall–Kier alpha value is -2.69. The topological polar surface area (TPSA) is 49.4 Å². The van der Waals surface area contributed by atoms with Crippen molar-refractivity contribution in [2.45, 2.75) is 39.3 Å². The molecule has 0 radical (unpaired) electrons. The Morgan fingerprint density at radius 2 is 1.69 bits per heavy atom. The summed E-state index contributed by atoms with van der Waals surface area (Å²) in [7, 11) is 0. The number of amides is 2. The molecule has 1 N–H and O–H groups in total. The number of benzene rings is 2. The molecule has 0 aliphatic carbocycles. The van der Waals surface area contributed by atoms with Crippen molar-refractivity contribution in [1.82, 2.24) is 10.2 Å². The van der Waals surface area contributed by atoms with E-state index in [1.54, 1.807) is 25.1 Å². The van der Waals surface area contributed by atoms with Crippen molar-refractivity contribution in [3.05, 3.63) is 71.5 Å². The standard InChI is InChI=1S/C21H25FN2O2/c1-3-20(25)24(15-17-12-8-9-13-18(17)22)19(21(26)23-4-2)14-16-10-6-5-7-11-16/h5-13,19H,3-4,14-15H2,1-2H3,(H,23,26)/t19-/m1/s1. The van der Waals surface area contributed by atoms with E-state index < -0.39 is 6.04 Å². The number of halogens is 1. The fraction of sp³-hybridized carbons (Fsp3) is 0.333. The molecule has 0 aliphatic heterocycles. The Labute approximate surface area is 154 Å². The highest BCUT2D eigenvalue weighted by Crippen LogP contribution is 2.17. The van der Waals surface area contributed by atoms with Gasteiger partial charge in [-0.25, -0.2) is 4.39 Å². The number of carbonyl (C=O) groups excluding carboxylic acids is 2. The fourth-order valence-corrected chi connectivity index (χ4v) is 2.86. The summed E-state index contributed by atoms with van der Waals surface area (Å²) < 4.78 is 14.1. The van der Waals surface area contributed by atoms with Crippen LogP contribution in [0.1, 0.15) is 31.4 Å². The van der Waals surface area contributed by atoms with Gasteiger partial charge in [-0.15, -0.1) is 0 Å². The predicted octanol–water partition coefficient (Wildman–Crippen LogP) is 3.31. The van der Waals surface area contributed by atoms with Crippen LogP contribution >= 0.6 is 0 Å². The molecular formula is C21H25FN2O2. The molecule has 0 unspecified atom stereocenters. The van der Waals surface area contributed by atoms with Gasteiger partial charge in [0.2, 0.25) is 11.8 Å². The lowest BCUT2D eigenvalue weighted by molar-refractivity contribution is -0.141. The number of nitrogens with zero attached hydrogens (tertiary/aromatic N) is 1. The van der Waals surface area contributed by atoms with Crippen molar-refractivity contribution in [3.8, 4) is 0 Å². The Balaban J connectivity index is 2.35. The number of carbonyl (C=O) groups is 2. The Morgan fingerprint density at radius 3 is 2.31 bits per heavy atom. The van der Waals surface area contributed by atoms with E-state index in [2.05, 4.69) is 5.32 Å². The van der Waals surface area contributed by atoms with Crippen LogP contribution in [0.4, 0.5) is 4.39 Å². The van der Waals surface area contributed by atoms with Crippen LogP contribution in [0.15, 0.2) is 54.6 Å². The number of likely N-dealkylation sites (N-methyl/N-ethyl adjacent to an activating group) is 1. The molecular weight excluding hydrogens is 331 g/mol. The maximum atomic E-state index is 14.1. The lowest BCUT2D eigenvalue weighted by atomic mass is 10.0. The zero-order valence-corrected chi connectivity index (χ0v) is 15.2. The van der Waals surface area contributed by atoms with Crippen LogP contribution in [-0.2, 0) is 22.6 Å². The zero-order valence-electron chi connectivity index (χ0n) is 15.2. The number of nitrogens with one attached hydrogen (secondary N) is 1. The predicted molar refractivity (Wildman–Crippen MR) is 99.9 cm³/mol. The molecule has 0 aromatic heterocycles. The molecule has 0 fully saturated rings. The van der Waals surface area contributed by atoms with Gasteiger partial charge in [-0.2, -0.15) is 0 Å². The minimum Gasteiger partial charge on any atom is -0.355 e. The molecule has 0 saturated carbocycles. The van der Waals surface area contributed by atoms with E-state index in [1.165, 1.54) is 11.0 Å². The van der Waals surface area contributed by atoms with Gasteiger partial charge in [-0.05, 0) is 18.6 Å². The van der Waals surface area contributed by atoms with Gasteiger partial charge in [0, 0.05) is 31.5 Å². The third-order valence-electron chi connectivity index (χ3n) is 4.22.